The normalized spacial score (nSPS) is 26.4. The van der Waals surface area contributed by atoms with Gasteiger partial charge in [0.25, 0.3) is 0 Å². The first-order valence-electron chi connectivity index (χ1n) is 10.1. The molecule has 0 spiro atoms. The average Bonchev–Trinajstić information content (AvgIpc) is 3.01. The number of carbonyl (C=O) groups is 1. The van der Waals surface area contributed by atoms with Crippen LogP contribution in [-0.4, -0.2) is 46.4 Å². The highest BCUT2D eigenvalue weighted by Gasteiger charge is 2.42. The quantitative estimate of drug-likeness (QED) is 0.812. The second-order valence-electron chi connectivity index (χ2n) is 7.77. The van der Waals surface area contributed by atoms with Crippen molar-refractivity contribution in [3.63, 3.8) is 0 Å². The van der Waals surface area contributed by atoms with Crippen LogP contribution in [-0.2, 0) is 0 Å². The highest BCUT2D eigenvalue weighted by molar-refractivity contribution is 5.78. The number of nitrogens with zero attached hydrogens (tertiary/aromatic N) is 3. The maximum Gasteiger partial charge on any atom is 0.322 e. The Balaban J connectivity index is 1.54. The number of rotatable bonds is 4. The second kappa shape index (κ2) is 7.77. The molecule has 1 atom stereocenters. The van der Waals surface area contributed by atoms with Crippen molar-refractivity contribution in [3.8, 4) is 0 Å². The molecular weight excluding hydrogens is 310 g/mol. The van der Waals surface area contributed by atoms with E-state index in [2.05, 4.69) is 46.8 Å². The van der Waals surface area contributed by atoms with Gasteiger partial charge in [-0.05, 0) is 31.2 Å². The summed E-state index contributed by atoms with van der Waals surface area (Å²) in [5, 5.41) is 0. The number of hydrogen-bond donors (Lipinski definition) is 0. The Hall–Kier alpha value is -1.55. The van der Waals surface area contributed by atoms with Gasteiger partial charge in [0, 0.05) is 25.7 Å². The zero-order chi connectivity index (χ0) is 17.1. The van der Waals surface area contributed by atoms with E-state index in [1.54, 1.807) is 0 Å². The minimum Gasteiger partial charge on any atom is -0.319 e. The number of urea groups is 1. The Morgan fingerprint density at radius 2 is 1.56 bits per heavy atom. The van der Waals surface area contributed by atoms with Crippen molar-refractivity contribution in [1.29, 1.82) is 0 Å². The van der Waals surface area contributed by atoms with Gasteiger partial charge in [0.15, 0.2) is 0 Å². The monoisotopic (exact) mass is 340 g/mol. The van der Waals surface area contributed by atoms with Gasteiger partial charge in [0.2, 0.25) is 0 Å². The van der Waals surface area contributed by atoms with Crippen LogP contribution in [0.4, 0.5) is 4.79 Å². The molecule has 2 aliphatic heterocycles. The van der Waals surface area contributed by atoms with E-state index in [1.165, 1.54) is 56.9 Å². The van der Waals surface area contributed by atoms with Gasteiger partial charge in [-0.2, -0.15) is 0 Å². The Morgan fingerprint density at radius 1 is 0.880 bits per heavy atom. The predicted molar refractivity (Wildman–Crippen MR) is 99.7 cm³/mol. The van der Waals surface area contributed by atoms with E-state index < -0.39 is 0 Å². The summed E-state index contributed by atoms with van der Waals surface area (Å²) in [5.41, 5.74) is 1.25. The lowest BCUT2D eigenvalue weighted by atomic mass is 9.94. The predicted octanol–water partition coefficient (Wildman–Crippen LogP) is 4.40. The molecule has 4 rings (SSSR count). The lowest BCUT2D eigenvalue weighted by molar-refractivity contribution is 0.148. The molecule has 1 aromatic rings. The van der Waals surface area contributed by atoms with E-state index in [1.807, 2.05) is 4.90 Å². The van der Waals surface area contributed by atoms with Crippen LogP contribution >= 0.6 is 0 Å². The molecule has 1 saturated carbocycles. The Morgan fingerprint density at radius 3 is 2.28 bits per heavy atom. The third-order valence-corrected chi connectivity index (χ3v) is 6.05. The molecule has 0 N–H and O–H groups in total. The molecule has 3 fully saturated rings. The van der Waals surface area contributed by atoms with Crippen LogP contribution in [0, 0.1) is 6.67 Å². The van der Waals surface area contributed by atoms with Crippen LogP contribution in [0.15, 0.2) is 30.3 Å². The van der Waals surface area contributed by atoms with Crippen molar-refractivity contribution in [1.82, 2.24) is 14.7 Å². The van der Waals surface area contributed by atoms with Crippen LogP contribution < -0.4 is 0 Å². The summed E-state index contributed by atoms with van der Waals surface area (Å²) in [6.45, 7) is 5.11. The molecule has 135 valence electrons. The van der Waals surface area contributed by atoms with E-state index >= 15 is 0 Å². The molecule has 0 aromatic heterocycles. The van der Waals surface area contributed by atoms with Crippen molar-refractivity contribution in [2.24, 2.45) is 0 Å². The van der Waals surface area contributed by atoms with Crippen molar-refractivity contribution < 1.29 is 4.79 Å². The molecule has 3 aliphatic rings. The Labute approximate surface area is 151 Å². The van der Waals surface area contributed by atoms with E-state index in [4.69, 9.17) is 0 Å². The number of carbonyl (C=O) groups excluding carboxylic acids is 1. The molecule has 0 unspecified atom stereocenters. The summed E-state index contributed by atoms with van der Waals surface area (Å²) in [4.78, 5) is 19.8. The van der Waals surface area contributed by atoms with E-state index in [0.29, 0.717) is 6.04 Å². The molecule has 2 heterocycles. The van der Waals surface area contributed by atoms with Crippen molar-refractivity contribution in [3.05, 3.63) is 42.6 Å². The molecular formula is C21H30N3O. The zero-order valence-corrected chi connectivity index (χ0v) is 15.1. The highest BCUT2D eigenvalue weighted by atomic mass is 16.2. The number of hydrogen-bond acceptors (Lipinski definition) is 2. The number of likely N-dealkylation sites (tertiary alicyclic amines) is 1. The maximum absolute atomic E-state index is 13.3. The van der Waals surface area contributed by atoms with Gasteiger partial charge in [-0.3, -0.25) is 9.80 Å². The molecule has 1 radical (unpaired) electrons. The van der Waals surface area contributed by atoms with Gasteiger partial charge >= 0.3 is 6.03 Å². The SMILES string of the molecule is O=C1N(C2CCCCC2)C[C@@H](c2ccccc2)N1[CH]N1CCCCC1. The van der Waals surface area contributed by atoms with Crippen LogP contribution in [0.5, 0.6) is 0 Å². The average molecular weight is 340 g/mol. The number of piperidine rings is 1. The third-order valence-electron chi connectivity index (χ3n) is 6.05. The fourth-order valence-corrected chi connectivity index (χ4v) is 4.61. The van der Waals surface area contributed by atoms with Crippen molar-refractivity contribution >= 4 is 6.03 Å². The Kier molecular flexibility index (Phi) is 5.25. The Bertz CT molecular complexity index is 564. The van der Waals surface area contributed by atoms with Crippen LogP contribution in [0.2, 0.25) is 0 Å². The van der Waals surface area contributed by atoms with Gasteiger partial charge in [-0.1, -0.05) is 56.0 Å². The molecule has 1 aliphatic carbocycles. The lowest BCUT2D eigenvalue weighted by Crippen LogP contribution is -2.42. The van der Waals surface area contributed by atoms with Crippen LogP contribution in [0.3, 0.4) is 0 Å². The number of benzene rings is 1. The van der Waals surface area contributed by atoms with Crippen LogP contribution in [0.25, 0.3) is 0 Å². The minimum absolute atomic E-state index is 0.151. The first kappa shape index (κ1) is 16.9. The third kappa shape index (κ3) is 3.69. The first-order chi connectivity index (χ1) is 12.3. The fraction of sp³-hybridized carbons (Fsp3) is 0.619. The molecule has 2 amide bonds. The van der Waals surface area contributed by atoms with Gasteiger partial charge in [-0.15, -0.1) is 0 Å². The van der Waals surface area contributed by atoms with Gasteiger partial charge in [-0.25, -0.2) is 4.79 Å². The summed E-state index contributed by atoms with van der Waals surface area (Å²) in [6, 6.07) is 11.4. The molecule has 1 aromatic carbocycles. The number of amides is 2. The standard InChI is InChI=1S/C21H30N3O/c25-21-23(19-12-6-2-7-13-19)16-20(18-10-4-1-5-11-18)24(21)17-22-14-8-3-9-15-22/h1,4-5,10-11,17,19-20H,2-3,6-9,12-16H2/t20-/m0/s1. The minimum atomic E-state index is 0.151. The summed E-state index contributed by atoms with van der Waals surface area (Å²) < 4.78 is 0. The van der Waals surface area contributed by atoms with Crippen LogP contribution in [0.1, 0.15) is 63.0 Å². The topological polar surface area (TPSA) is 26.8 Å². The van der Waals surface area contributed by atoms with E-state index in [0.717, 1.165) is 19.6 Å². The highest BCUT2D eigenvalue weighted by Crippen LogP contribution is 2.35. The van der Waals surface area contributed by atoms with Crippen molar-refractivity contribution in [2.45, 2.75) is 63.5 Å². The molecule has 4 heteroatoms. The zero-order valence-electron chi connectivity index (χ0n) is 15.1. The maximum atomic E-state index is 13.3. The fourth-order valence-electron chi connectivity index (χ4n) is 4.61. The summed E-state index contributed by atoms with van der Waals surface area (Å²) in [5.74, 6) is 0. The lowest BCUT2D eigenvalue weighted by Gasteiger charge is -2.33. The largest absolute Gasteiger partial charge is 0.322 e. The summed E-state index contributed by atoms with van der Waals surface area (Å²) in [7, 11) is 0. The summed E-state index contributed by atoms with van der Waals surface area (Å²) in [6.07, 6.45) is 9.98. The van der Waals surface area contributed by atoms with Crippen molar-refractivity contribution in [2.75, 3.05) is 19.6 Å². The van der Waals surface area contributed by atoms with Gasteiger partial charge in [0.05, 0.1) is 6.04 Å². The van der Waals surface area contributed by atoms with E-state index in [-0.39, 0.29) is 12.1 Å². The molecule has 0 bridgehead atoms. The summed E-state index contributed by atoms with van der Waals surface area (Å²) >= 11 is 0. The second-order valence-corrected chi connectivity index (χ2v) is 7.77. The molecule has 2 saturated heterocycles. The van der Waals surface area contributed by atoms with Gasteiger partial charge < -0.3 is 4.90 Å². The van der Waals surface area contributed by atoms with E-state index in [9.17, 15) is 4.79 Å². The van der Waals surface area contributed by atoms with Gasteiger partial charge in [0.1, 0.15) is 6.67 Å². The first-order valence-corrected chi connectivity index (χ1v) is 10.1. The molecule has 4 nitrogen and oxygen atoms in total. The smallest absolute Gasteiger partial charge is 0.319 e. The molecule has 25 heavy (non-hydrogen) atoms.